The number of nitrogens with zero attached hydrogens (tertiary/aromatic N) is 2. The maximum absolute atomic E-state index is 13.0. The number of fused-ring (bicyclic) bond motifs is 1. The number of thiazole rings is 1. The van der Waals surface area contributed by atoms with E-state index in [1.165, 1.54) is 29.0 Å². The van der Waals surface area contributed by atoms with E-state index in [4.69, 9.17) is 6.42 Å². The molecule has 0 bridgehead atoms. The van der Waals surface area contributed by atoms with Crippen molar-refractivity contribution in [1.82, 2.24) is 4.57 Å². The van der Waals surface area contributed by atoms with Gasteiger partial charge in [0.1, 0.15) is 5.82 Å². The Morgan fingerprint density at radius 1 is 1.24 bits per heavy atom. The van der Waals surface area contributed by atoms with Crippen LogP contribution < -0.4 is 4.80 Å². The molecule has 0 spiro atoms. The summed E-state index contributed by atoms with van der Waals surface area (Å²) in [6.07, 6.45) is 6.55. The number of terminal acetylenes is 1. The summed E-state index contributed by atoms with van der Waals surface area (Å²) in [6, 6.07) is 12.1. The number of rotatable bonds is 4. The van der Waals surface area contributed by atoms with Gasteiger partial charge in [0.25, 0.3) is 5.91 Å². The predicted molar refractivity (Wildman–Crippen MR) is 98.7 cm³/mol. The van der Waals surface area contributed by atoms with Gasteiger partial charge in [-0.1, -0.05) is 42.4 Å². The van der Waals surface area contributed by atoms with Gasteiger partial charge in [-0.3, -0.25) is 4.79 Å². The van der Waals surface area contributed by atoms with E-state index >= 15 is 0 Å². The number of hydrogen-bond acceptors (Lipinski definition) is 2. The lowest BCUT2D eigenvalue weighted by atomic mass is 10.1. The number of aromatic nitrogens is 1. The first-order valence-corrected chi connectivity index (χ1v) is 8.80. The molecule has 3 nitrogen and oxygen atoms in total. The number of aryl methyl sites for hydroxylation is 1. The van der Waals surface area contributed by atoms with Crippen LogP contribution in [0.2, 0.25) is 0 Å². The zero-order valence-electron chi connectivity index (χ0n) is 13.8. The first kappa shape index (κ1) is 17.1. The molecule has 1 heterocycles. The van der Waals surface area contributed by atoms with Gasteiger partial charge >= 0.3 is 0 Å². The lowest BCUT2D eigenvalue weighted by Crippen LogP contribution is -2.17. The third kappa shape index (κ3) is 3.86. The first-order valence-electron chi connectivity index (χ1n) is 7.98. The molecule has 0 saturated carbocycles. The van der Waals surface area contributed by atoms with Crippen LogP contribution in [0.25, 0.3) is 10.2 Å². The summed E-state index contributed by atoms with van der Waals surface area (Å²) in [7, 11) is 0. The minimum atomic E-state index is -0.323. The highest BCUT2D eigenvalue weighted by molar-refractivity contribution is 7.16. The van der Waals surface area contributed by atoms with Crippen molar-refractivity contribution < 1.29 is 9.18 Å². The van der Waals surface area contributed by atoms with Crippen molar-refractivity contribution >= 4 is 27.5 Å². The van der Waals surface area contributed by atoms with Crippen LogP contribution in [-0.2, 0) is 24.2 Å². The van der Waals surface area contributed by atoms with Crippen molar-refractivity contribution in [2.75, 3.05) is 0 Å². The predicted octanol–water partition coefficient (Wildman–Crippen LogP) is 3.71. The Morgan fingerprint density at radius 3 is 2.64 bits per heavy atom. The Labute approximate surface area is 149 Å². The highest BCUT2D eigenvalue weighted by Crippen LogP contribution is 2.19. The zero-order valence-corrected chi connectivity index (χ0v) is 14.6. The molecule has 3 aromatic rings. The van der Waals surface area contributed by atoms with Gasteiger partial charge in [-0.25, -0.2) is 4.39 Å². The van der Waals surface area contributed by atoms with Gasteiger partial charge in [0, 0.05) is 0 Å². The molecule has 0 aliphatic rings. The second kappa shape index (κ2) is 7.45. The number of amides is 1. The highest BCUT2D eigenvalue weighted by atomic mass is 32.1. The first-order chi connectivity index (χ1) is 12.1. The molecule has 2 aromatic carbocycles. The van der Waals surface area contributed by atoms with Crippen molar-refractivity contribution in [3.05, 3.63) is 64.2 Å². The van der Waals surface area contributed by atoms with E-state index in [0.717, 1.165) is 22.2 Å². The van der Waals surface area contributed by atoms with Gasteiger partial charge in [-0.2, -0.15) is 4.99 Å². The number of hydrogen-bond donors (Lipinski definition) is 0. The average molecular weight is 352 g/mol. The van der Waals surface area contributed by atoms with Crippen molar-refractivity contribution in [3.8, 4) is 12.3 Å². The Bertz CT molecular complexity index is 1020. The maximum Gasteiger partial charge on any atom is 0.252 e. The second-order valence-electron chi connectivity index (χ2n) is 5.64. The fraction of sp³-hybridized carbons (Fsp3) is 0.200. The summed E-state index contributed by atoms with van der Waals surface area (Å²) < 4.78 is 15.9. The van der Waals surface area contributed by atoms with Gasteiger partial charge in [0.05, 0.1) is 23.2 Å². The van der Waals surface area contributed by atoms with Crippen molar-refractivity contribution in [1.29, 1.82) is 0 Å². The number of benzene rings is 2. The molecule has 0 N–H and O–H groups in total. The summed E-state index contributed by atoms with van der Waals surface area (Å²) in [6.45, 7) is 2.45. The van der Waals surface area contributed by atoms with Crippen molar-refractivity contribution in [3.63, 3.8) is 0 Å². The molecule has 0 fully saturated rings. The molecule has 0 aliphatic heterocycles. The summed E-state index contributed by atoms with van der Waals surface area (Å²) in [5.41, 5.74) is 2.94. The molecule has 0 atom stereocenters. The van der Waals surface area contributed by atoms with E-state index in [2.05, 4.69) is 30.0 Å². The van der Waals surface area contributed by atoms with Crippen LogP contribution in [0.3, 0.4) is 0 Å². The number of halogens is 1. The van der Waals surface area contributed by atoms with Gasteiger partial charge in [0.15, 0.2) is 4.80 Å². The van der Waals surface area contributed by atoms with Crippen LogP contribution in [-0.4, -0.2) is 10.5 Å². The van der Waals surface area contributed by atoms with Crippen LogP contribution in [0, 0.1) is 18.2 Å². The quantitative estimate of drug-likeness (QED) is 0.659. The van der Waals surface area contributed by atoms with Crippen LogP contribution in [0.5, 0.6) is 0 Å². The molecule has 126 valence electrons. The molecular formula is C20H17FN2OS. The largest absolute Gasteiger partial charge is 0.305 e. The SMILES string of the molecule is C#CCn1c(=NC(=O)Cc2ccc(F)cc2)sc2cc(CC)ccc21. The Morgan fingerprint density at radius 2 is 1.96 bits per heavy atom. The zero-order chi connectivity index (χ0) is 17.8. The summed E-state index contributed by atoms with van der Waals surface area (Å²) in [4.78, 5) is 17.1. The molecule has 3 rings (SSSR count). The molecule has 0 aliphatic carbocycles. The molecule has 0 unspecified atom stereocenters. The third-order valence-electron chi connectivity index (χ3n) is 3.89. The van der Waals surface area contributed by atoms with Gasteiger partial charge in [0.2, 0.25) is 0 Å². The van der Waals surface area contributed by atoms with E-state index in [9.17, 15) is 9.18 Å². The fourth-order valence-corrected chi connectivity index (χ4v) is 3.70. The van der Waals surface area contributed by atoms with Crippen molar-refractivity contribution in [2.24, 2.45) is 4.99 Å². The monoisotopic (exact) mass is 352 g/mol. The Balaban J connectivity index is 1.99. The standard InChI is InChI=1S/C20H17FN2OS/c1-3-11-23-17-10-7-14(4-2)12-18(17)25-20(23)22-19(24)13-15-5-8-16(21)9-6-15/h1,5-10,12H,4,11,13H2,2H3. The number of carbonyl (C=O) groups excluding carboxylic acids is 1. The van der Waals surface area contributed by atoms with E-state index in [1.54, 1.807) is 12.1 Å². The van der Waals surface area contributed by atoms with Crippen LogP contribution in [0.1, 0.15) is 18.1 Å². The van der Waals surface area contributed by atoms with E-state index < -0.39 is 0 Å². The summed E-state index contributed by atoms with van der Waals surface area (Å²) in [5, 5.41) is 0. The maximum atomic E-state index is 13.0. The van der Waals surface area contributed by atoms with E-state index in [1.807, 2.05) is 10.6 Å². The molecule has 1 aromatic heterocycles. The molecule has 1 amide bonds. The molecule has 25 heavy (non-hydrogen) atoms. The van der Waals surface area contributed by atoms with Gasteiger partial charge in [-0.15, -0.1) is 6.42 Å². The minimum absolute atomic E-state index is 0.130. The molecule has 5 heteroatoms. The van der Waals surface area contributed by atoms with Crippen LogP contribution in [0.4, 0.5) is 4.39 Å². The topological polar surface area (TPSA) is 34.4 Å². The fourth-order valence-electron chi connectivity index (χ4n) is 2.59. The van der Waals surface area contributed by atoms with Gasteiger partial charge in [-0.05, 0) is 41.8 Å². The number of carbonyl (C=O) groups is 1. The normalized spacial score (nSPS) is 11.6. The highest BCUT2D eigenvalue weighted by Gasteiger charge is 2.08. The van der Waals surface area contributed by atoms with Crippen LogP contribution >= 0.6 is 11.3 Å². The molecular weight excluding hydrogens is 335 g/mol. The second-order valence-corrected chi connectivity index (χ2v) is 6.65. The van der Waals surface area contributed by atoms with E-state index in [0.29, 0.717) is 11.3 Å². The van der Waals surface area contributed by atoms with Crippen molar-refractivity contribution in [2.45, 2.75) is 26.3 Å². The van der Waals surface area contributed by atoms with Gasteiger partial charge < -0.3 is 4.57 Å². The summed E-state index contributed by atoms with van der Waals surface area (Å²) in [5.74, 6) is 2.02. The minimum Gasteiger partial charge on any atom is -0.305 e. The Kier molecular flexibility index (Phi) is 5.11. The lowest BCUT2D eigenvalue weighted by molar-refractivity contribution is -0.117. The Hall–Kier alpha value is -2.71. The lowest BCUT2D eigenvalue weighted by Gasteiger charge is -2.01. The smallest absolute Gasteiger partial charge is 0.252 e. The average Bonchev–Trinajstić information content (AvgIpc) is 2.93. The molecule has 0 radical (unpaired) electrons. The van der Waals surface area contributed by atoms with Crippen LogP contribution in [0.15, 0.2) is 47.5 Å². The van der Waals surface area contributed by atoms with E-state index in [-0.39, 0.29) is 18.1 Å². The third-order valence-corrected chi connectivity index (χ3v) is 4.93. The summed E-state index contributed by atoms with van der Waals surface area (Å²) >= 11 is 1.45. The molecule has 0 saturated heterocycles.